The molecule has 3 aromatic heterocycles. The van der Waals surface area contributed by atoms with Gasteiger partial charge in [0.25, 0.3) is 0 Å². The zero-order valence-corrected chi connectivity index (χ0v) is 20.8. The Bertz CT molecular complexity index is 1830. The Balaban J connectivity index is 1.42. The SMILES string of the molecule is Cc1cc(Oc2cccc(F)c2)ncc1-n1ncc(C(=O)c2cc3cc(F)c(NS(C)(=O)=O)cc3[nH]2)c1N. The molecule has 0 bridgehead atoms. The second kappa shape index (κ2) is 9.27. The third-order valence-corrected chi connectivity index (χ3v) is 6.19. The molecule has 4 N–H and O–H groups in total. The Hall–Kier alpha value is -4.78. The van der Waals surface area contributed by atoms with Crippen molar-refractivity contribution in [3.63, 3.8) is 0 Å². The number of sulfonamides is 1. The third kappa shape index (κ3) is 4.91. The van der Waals surface area contributed by atoms with E-state index in [1.54, 1.807) is 19.1 Å². The quantitative estimate of drug-likeness (QED) is 0.262. The molecule has 0 aliphatic heterocycles. The molecule has 38 heavy (non-hydrogen) atoms. The maximum absolute atomic E-state index is 14.4. The van der Waals surface area contributed by atoms with Gasteiger partial charge in [-0.2, -0.15) is 5.10 Å². The molecule has 2 aromatic carbocycles. The Kier molecular flexibility index (Phi) is 6.07. The van der Waals surface area contributed by atoms with Crippen LogP contribution in [0.1, 0.15) is 21.6 Å². The number of aryl methyl sites for hydroxylation is 1. The van der Waals surface area contributed by atoms with E-state index in [-0.39, 0.29) is 34.4 Å². The van der Waals surface area contributed by atoms with Crippen LogP contribution in [0.2, 0.25) is 0 Å². The lowest BCUT2D eigenvalue weighted by molar-refractivity contribution is 0.103. The first-order valence-electron chi connectivity index (χ1n) is 11.1. The van der Waals surface area contributed by atoms with Gasteiger partial charge in [0.2, 0.25) is 21.7 Å². The van der Waals surface area contributed by atoms with Gasteiger partial charge in [0, 0.05) is 23.0 Å². The van der Waals surface area contributed by atoms with E-state index < -0.39 is 27.4 Å². The van der Waals surface area contributed by atoms with E-state index in [0.717, 1.165) is 12.3 Å². The van der Waals surface area contributed by atoms with Crippen molar-refractivity contribution >= 4 is 38.2 Å². The number of aromatic nitrogens is 4. The predicted octanol–water partition coefficient (Wildman–Crippen LogP) is 4.31. The highest BCUT2D eigenvalue weighted by molar-refractivity contribution is 7.92. The molecular formula is C25H20F2N6O4S. The second-order valence-corrected chi connectivity index (χ2v) is 10.3. The van der Waals surface area contributed by atoms with E-state index in [1.165, 1.54) is 47.4 Å². The summed E-state index contributed by atoms with van der Waals surface area (Å²) in [6.45, 7) is 1.77. The number of carbonyl (C=O) groups excluding carboxylic acids is 1. The molecule has 0 aliphatic carbocycles. The summed E-state index contributed by atoms with van der Waals surface area (Å²) < 4.78 is 59.8. The van der Waals surface area contributed by atoms with Gasteiger partial charge in [-0.1, -0.05) is 6.07 Å². The molecule has 13 heteroatoms. The van der Waals surface area contributed by atoms with E-state index in [0.29, 0.717) is 22.2 Å². The molecule has 10 nitrogen and oxygen atoms in total. The molecule has 5 aromatic rings. The van der Waals surface area contributed by atoms with Crippen molar-refractivity contribution in [1.29, 1.82) is 0 Å². The number of nitrogens with two attached hydrogens (primary N) is 1. The van der Waals surface area contributed by atoms with Gasteiger partial charge in [-0.15, -0.1) is 0 Å². The maximum Gasteiger partial charge on any atom is 0.229 e. The molecule has 0 amide bonds. The molecule has 0 spiro atoms. The van der Waals surface area contributed by atoms with Crippen LogP contribution in [0.5, 0.6) is 11.6 Å². The molecule has 3 heterocycles. The number of benzene rings is 2. The molecule has 0 fully saturated rings. The Morgan fingerprint density at radius 2 is 1.92 bits per heavy atom. The van der Waals surface area contributed by atoms with E-state index in [2.05, 4.69) is 19.8 Å². The lowest BCUT2D eigenvalue weighted by atomic mass is 10.1. The highest BCUT2D eigenvalue weighted by Gasteiger charge is 2.21. The number of hydrogen-bond donors (Lipinski definition) is 3. The predicted molar refractivity (Wildman–Crippen MR) is 137 cm³/mol. The van der Waals surface area contributed by atoms with Gasteiger partial charge in [0.05, 0.1) is 41.3 Å². The van der Waals surface area contributed by atoms with Crippen LogP contribution in [0.4, 0.5) is 20.3 Å². The third-order valence-electron chi connectivity index (χ3n) is 5.60. The fourth-order valence-corrected chi connectivity index (χ4v) is 4.43. The van der Waals surface area contributed by atoms with Crippen molar-refractivity contribution in [2.24, 2.45) is 0 Å². The largest absolute Gasteiger partial charge is 0.439 e. The normalized spacial score (nSPS) is 11.6. The standard InChI is InChI=1S/C25H20F2N6O4S/c1-13-6-23(37-16-5-3-4-15(26)9-16)29-12-22(13)33-25(28)17(11-30-33)24(34)21-8-14-7-18(27)20(10-19(14)31-21)32-38(2,35)36/h3-12,31-32H,28H2,1-2H3. The van der Waals surface area contributed by atoms with Crippen LogP contribution in [0.15, 0.2) is 60.9 Å². The van der Waals surface area contributed by atoms with Gasteiger partial charge in [-0.3, -0.25) is 9.52 Å². The second-order valence-electron chi connectivity index (χ2n) is 8.53. The smallest absolute Gasteiger partial charge is 0.229 e. The number of ether oxygens (including phenoxy) is 1. The summed E-state index contributed by atoms with van der Waals surface area (Å²) in [5, 5.41) is 4.60. The molecule has 0 unspecified atom stereocenters. The van der Waals surface area contributed by atoms with Crippen molar-refractivity contribution in [2.45, 2.75) is 6.92 Å². The fourth-order valence-electron chi connectivity index (χ4n) is 3.87. The van der Waals surface area contributed by atoms with E-state index in [9.17, 15) is 22.0 Å². The molecule has 0 aliphatic rings. The fraction of sp³-hybridized carbons (Fsp3) is 0.0800. The summed E-state index contributed by atoms with van der Waals surface area (Å²) in [6, 6.07) is 11.1. The van der Waals surface area contributed by atoms with Crippen LogP contribution >= 0.6 is 0 Å². The molecule has 0 saturated carbocycles. The van der Waals surface area contributed by atoms with Crippen LogP contribution in [0.25, 0.3) is 16.6 Å². The number of carbonyl (C=O) groups is 1. The molecule has 194 valence electrons. The lowest BCUT2D eigenvalue weighted by Crippen LogP contribution is -2.10. The van der Waals surface area contributed by atoms with Crippen molar-refractivity contribution in [2.75, 3.05) is 16.7 Å². The number of halogens is 2. The number of pyridine rings is 1. The van der Waals surface area contributed by atoms with Gasteiger partial charge in [-0.05, 0) is 42.8 Å². The zero-order valence-electron chi connectivity index (χ0n) is 20.0. The Labute approximate surface area is 215 Å². The van der Waals surface area contributed by atoms with Crippen LogP contribution in [0.3, 0.4) is 0 Å². The number of rotatable bonds is 7. The van der Waals surface area contributed by atoms with Crippen molar-refractivity contribution in [3.05, 3.63) is 89.4 Å². The van der Waals surface area contributed by atoms with E-state index in [1.807, 2.05) is 0 Å². The first kappa shape index (κ1) is 24.9. The van der Waals surface area contributed by atoms with Gasteiger partial charge in [0.1, 0.15) is 23.2 Å². The van der Waals surface area contributed by atoms with E-state index in [4.69, 9.17) is 10.5 Å². The first-order chi connectivity index (χ1) is 18.0. The summed E-state index contributed by atoms with van der Waals surface area (Å²) in [5.41, 5.74) is 7.72. The van der Waals surface area contributed by atoms with Crippen LogP contribution in [-0.2, 0) is 10.0 Å². The van der Waals surface area contributed by atoms with Gasteiger partial charge in [0.15, 0.2) is 0 Å². The summed E-state index contributed by atoms with van der Waals surface area (Å²) >= 11 is 0. The number of nitrogen functional groups attached to an aromatic ring is 1. The first-order valence-corrected chi connectivity index (χ1v) is 13.0. The average Bonchev–Trinajstić information content (AvgIpc) is 3.41. The van der Waals surface area contributed by atoms with Gasteiger partial charge in [-0.25, -0.2) is 26.9 Å². The number of hydrogen-bond acceptors (Lipinski definition) is 7. The highest BCUT2D eigenvalue weighted by atomic mass is 32.2. The monoisotopic (exact) mass is 538 g/mol. The molecule has 0 radical (unpaired) electrons. The average molecular weight is 539 g/mol. The lowest BCUT2D eigenvalue weighted by Gasteiger charge is -2.10. The number of fused-ring (bicyclic) bond motifs is 1. The topological polar surface area (TPSA) is 145 Å². The van der Waals surface area contributed by atoms with Gasteiger partial charge < -0.3 is 15.5 Å². The minimum atomic E-state index is -3.70. The van der Waals surface area contributed by atoms with Gasteiger partial charge >= 0.3 is 0 Å². The zero-order chi connectivity index (χ0) is 27.2. The number of nitrogens with one attached hydrogen (secondary N) is 2. The Morgan fingerprint density at radius 3 is 2.63 bits per heavy atom. The number of ketones is 1. The molecule has 0 saturated heterocycles. The summed E-state index contributed by atoms with van der Waals surface area (Å²) in [7, 11) is -3.70. The minimum absolute atomic E-state index is 0.0444. The number of H-pyrrole nitrogens is 1. The summed E-state index contributed by atoms with van der Waals surface area (Å²) in [6.07, 6.45) is 3.67. The maximum atomic E-state index is 14.4. The summed E-state index contributed by atoms with van der Waals surface area (Å²) in [4.78, 5) is 20.3. The molecule has 5 rings (SSSR count). The number of nitrogens with zero attached hydrogens (tertiary/aromatic N) is 3. The Morgan fingerprint density at radius 1 is 1.13 bits per heavy atom. The van der Waals surface area contributed by atoms with Crippen molar-refractivity contribution in [1.82, 2.24) is 19.7 Å². The van der Waals surface area contributed by atoms with Crippen LogP contribution < -0.4 is 15.2 Å². The number of aromatic amines is 1. The van der Waals surface area contributed by atoms with Crippen molar-refractivity contribution in [3.8, 4) is 17.3 Å². The van der Waals surface area contributed by atoms with Crippen molar-refractivity contribution < 1.29 is 26.7 Å². The molecular weight excluding hydrogens is 518 g/mol. The number of anilines is 2. The summed E-state index contributed by atoms with van der Waals surface area (Å²) in [5.74, 6) is -1.17. The minimum Gasteiger partial charge on any atom is -0.439 e. The van der Waals surface area contributed by atoms with E-state index >= 15 is 0 Å². The van der Waals surface area contributed by atoms with Crippen LogP contribution in [0, 0.1) is 18.6 Å². The highest BCUT2D eigenvalue weighted by Crippen LogP contribution is 2.28. The van der Waals surface area contributed by atoms with Crippen LogP contribution in [-0.4, -0.2) is 40.2 Å². The molecule has 0 atom stereocenters.